The van der Waals surface area contributed by atoms with Crippen LogP contribution in [0.3, 0.4) is 0 Å². The third-order valence-corrected chi connectivity index (χ3v) is 4.81. The summed E-state index contributed by atoms with van der Waals surface area (Å²) in [6.45, 7) is 1.81. The summed E-state index contributed by atoms with van der Waals surface area (Å²) >= 11 is 0. The largest absolute Gasteiger partial charge is 0.493 e. The van der Waals surface area contributed by atoms with Crippen molar-refractivity contribution in [1.29, 1.82) is 0 Å². The topological polar surface area (TPSA) is 100 Å². The highest BCUT2D eigenvalue weighted by atomic mass is 16.5. The first-order chi connectivity index (χ1) is 15.0. The van der Waals surface area contributed by atoms with E-state index in [0.29, 0.717) is 28.2 Å². The van der Waals surface area contributed by atoms with E-state index in [1.165, 1.54) is 31.3 Å². The Labute approximate surface area is 177 Å². The second kappa shape index (κ2) is 8.31. The number of aryl methyl sites for hydroxylation is 1. The molecule has 2 aromatic carbocycles. The number of nitrogens with zero attached hydrogens (tertiary/aromatic N) is 4. The number of anilines is 1. The number of carbonyl (C=O) groups is 1. The van der Waals surface area contributed by atoms with Gasteiger partial charge in [-0.3, -0.25) is 14.2 Å². The molecule has 1 amide bonds. The Morgan fingerprint density at radius 2 is 1.81 bits per heavy atom. The molecule has 4 aromatic rings. The van der Waals surface area contributed by atoms with Crippen LogP contribution in [0.15, 0.2) is 59.8 Å². The maximum Gasteiger partial charge on any atom is 0.264 e. The van der Waals surface area contributed by atoms with Crippen LogP contribution in [0.25, 0.3) is 16.7 Å². The zero-order chi connectivity index (χ0) is 22.0. The Balaban J connectivity index is 1.56. The minimum Gasteiger partial charge on any atom is -0.493 e. The van der Waals surface area contributed by atoms with Gasteiger partial charge in [-0.05, 0) is 31.2 Å². The zero-order valence-electron chi connectivity index (χ0n) is 17.3. The molecule has 9 nitrogen and oxygen atoms in total. The van der Waals surface area contributed by atoms with Crippen molar-refractivity contribution in [3.05, 3.63) is 70.9 Å². The minimum atomic E-state index is -0.374. The first-order valence-electron chi connectivity index (χ1n) is 9.52. The fraction of sp³-hybridized carbons (Fsp3) is 0.182. The lowest BCUT2D eigenvalue weighted by molar-refractivity contribution is -0.116. The molecule has 2 heterocycles. The van der Waals surface area contributed by atoms with Gasteiger partial charge in [0, 0.05) is 11.8 Å². The number of hydrogen-bond donors (Lipinski definition) is 1. The van der Waals surface area contributed by atoms with Gasteiger partial charge >= 0.3 is 0 Å². The quantitative estimate of drug-likeness (QED) is 0.516. The lowest BCUT2D eigenvalue weighted by Gasteiger charge is -2.11. The highest BCUT2D eigenvalue weighted by Gasteiger charge is 2.14. The Bertz CT molecular complexity index is 1310. The molecule has 0 aliphatic heterocycles. The standard InChI is InChI=1S/C22H21N5O4/c1-14-4-7-16(8-5-14)27-21-17(11-24-27)22(29)26(13-23-21)12-20(28)25-15-6-9-18(30-2)19(10-15)31-3/h4-11,13H,12H2,1-3H3,(H,25,28). The van der Waals surface area contributed by atoms with Crippen LogP contribution in [0, 0.1) is 6.92 Å². The smallest absolute Gasteiger partial charge is 0.264 e. The summed E-state index contributed by atoms with van der Waals surface area (Å²) in [6.07, 6.45) is 2.82. The van der Waals surface area contributed by atoms with Crippen molar-refractivity contribution in [2.24, 2.45) is 0 Å². The van der Waals surface area contributed by atoms with Gasteiger partial charge in [0.15, 0.2) is 17.1 Å². The van der Waals surface area contributed by atoms with Crippen LogP contribution in [0.5, 0.6) is 11.5 Å². The lowest BCUT2D eigenvalue weighted by atomic mass is 10.2. The number of methoxy groups -OCH3 is 2. The highest BCUT2D eigenvalue weighted by Crippen LogP contribution is 2.29. The minimum absolute atomic E-state index is 0.189. The molecule has 0 saturated carbocycles. The molecule has 0 aliphatic carbocycles. The van der Waals surface area contributed by atoms with Gasteiger partial charge in [-0.2, -0.15) is 5.10 Å². The highest BCUT2D eigenvalue weighted by molar-refractivity contribution is 5.91. The van der Waals surface area contributed by atoms with Gasteiger partial charge in [-0.25, -0.2) is 9.67 Å². The number of hydrogen-bond acceptors (Lipinski definition) is 6. The number of amides is 1. The van der Waals surface area contributed by atoms with Gasteiger partial charge in [-0.1, -0.05) is 17.7 Å². The van der Waals surface area contributed by atoms with Crippen LogP contribution in [0.4, 0.5) is 5.69 Å². The molecule has 0 radical (unpaired) electrons. The van der Waals surface area contributed by atoms with E-state index in [2.05, 4.69) is 15.4 Å². The lowest BCUT2D eigenvalue weighted by Crippen LogP contribution is -2.27. The first kappa shape index (κ1) is 20.1. The Kier molecular flexibility index (Phi) is 5.40. The third-order valence-electron chi connectivity index (χ3n) is 4.81. The van der Waals surface area contributed by atoms with Crippen LogP contribution >= 0.6 is 0 Å². The number of carbonyl (C=O) groups excluding carboxylic acids is 1. The molecule has 0 atom stereocenters. The predicted molar refractivity (Wildman–Crippen MR) is 116 cm³/mol. The summed E-state index contributed by atoms with van der Waals surface area (Å²) in [6, 6.07) is 12.8. The maximum atomic E-state index is 12.9. The van der Waals surface area contributed by atoms with Gasteiger partial charge in [0.1, 0.15) is 18.3 Å². The van der Waals surface area contributed by atoms with E-state index in [1.807, 2.05) is 31.2 Å². The molecular formula is C22H21N5O4. The van der Waals surface area contributed by atoms with Crippen LogP contribution in [0.1, 0.15) is 5.56 Å². The average Bonchev–Trinajstić information content (AvgIpc) is 3.21. The van der Waals surface area contributed by atoms with Crippen molar-refractivity contribution < 1.29 is 14.3 Å². The Morgan fingerprint density at radius 3 is 2.52 bits per heavy atom. The number of aromatic nitrogens is 4. The second-order valence-corrected chi connectivity index (χ2v) is 6.92. The van der Waals surface area contributed by atoms with E-state index in [0.717, 1.165) is 11.3 Å². The number of rotatable bonds is 6. The van der Waals surface area contributed by atoms with E-state index >= 15 is 0 Å². The molecule has 0 unspecified atom stereocenters. The van der Waals surface area contributed by atoms with E-state index in [1.54, 1.807) is 22.9 Å². The van der Waals surface area contributed by atoms with Gasteiger partial charge < -0.3 is 14.8 Å². The van der Waals surface area contributed by atoms with Gasteiger partial charge in [0.05, 0.1) is 26.1 Å². The molecule has 0 saturated heterocycles. The summed E-state index contributed by atoms with van der Waals surface area (Å²) in [5.41, 5.74) is 2.54. The van der Waals surface area contributed by atoms with E-state index in [4.69, 9.17) is 9.47 Å². The van der Waals surface area contributed by atoms with Crippen molar-refractivity contribution in [3.63, 3.8) is 0 Å². The van der Waals surface area contributed by atoms with Gasteiger partial charge in [0.25, 0.3) is 5.56 Å². The monoisotopic (exact) mass is 419 g/mol. The number of nitrogens with one attached hydrogen (secondary N) is 1. The summed E-state index contributed by atoms with van der Waals surface area (Å²) in [7, 11) is 3.05. The fourth-order valence-electron chi connectivity index (χ4n) is 3.21. The van der Waals surface area contributed by atoms with Crippen molar-refractivity contribution in [2.45, 2.75) is 13.5 Å². The molecule has 0 bridgehead atoms. The van der Waals surface area contributed by atoms with E-state index in [-0.39, 0.29) is 18.0 Å². The molecule has 0 aliphatic rings. The van der Waals surface area contributed by atoms with E-state index in [9.17, 15) is 9.59 Å². The van der Waals surface area contributed by atoms with Gasteiger partial charge in [-0.15, -0.1) is 0 Å². The summed E-state index contributed by atoms with van der Waals surface area (Å²) < 4.78 is 13.3. The molecule has 158 valence electrons. The zero-order valence-corrected chi connectivity index (χ0v) is 17.3. The Hall–Kier alpha value is -4.14. The van der Waals surface area contributed by atoms with Crippen molar-refractivity contribution >= 4 is 22.6 Å². The predicted octanol–water partition coefficient (Wildman–Crippen LogP) is 2.55. The second-order valence-electron chi connectivity index (χ2n) is 6.92. The normalized spacial score (nSPS) is 10.8. The van der Waals surface area contributed by atoms with Crippen LogP contribution in [-0.2, 0) is 11.3 Å². The maximum absolute atomic E-state index is 12.9. The number of ether oxygens (including phenoxy) is 2. The van der Waals surface area contributed by atoms with Crippen LogP contribution in [0.2, 0.25) is 0 Å². The van der Waals surface area contributed by atoms with Crippen molar-refractivity contribution in [1.82, 2.24) is 19.3 Å². The molecule has 0 spiro atoms. The summed E-state index contributed by atoms with van der Waals surface area (Å²) in [5, 5.41) is 7.37. The van der Waals surface area contributed by atoms with Gasteiger partial charge in [0.2, 0.25) is 5.91 Å². The fourth-order valence-corrected chi connectivity index (χ4v) is 3.21. The number of benzene rings is 2. The number of fused-ring (bicyclic) bond motifs is 1. The molecule has 9 heteroatoms. The van der Waals surface area contributed by atoms with E-state index < -0.39 is 0 Å². The average molecular weight is 419 g/mol. The molecule has 4 rings (SSSR count). The summed E-state index contributed by atoms with van der Waals surface area (Å²) in [5.74, 6) is 0.669. The molecule has 0 fully saturated rings. The van der Waals surface area contributed by atoms with Crippen molar-refractivity contribution in [3.8, 4) is 17.2 Å². The first-order valence-corrected chi connectivity index (χ1v) is 9.52. The summed E-state index contributed by atoms with van der Waals surface area (Å²) in [4.78, 5) is 29.7. The molecule has 1 N–H and O–H groups in total. The van der Waals surface area contributed by atoms with Crippen molar-refractivity contribution in [2.75, 3.05) is 19.5 Å². The third kappa shape index (κ3) is 3.97. The molecule has 31 heavy (non-hydrogen) atoms. The van der Waals surface area contributed by atoms with Crippen LogP contribution < -0.4 is 20.3 Å². The van der Waals surface area contributed by atoms with Crippen LogP contribution in [-0.4, -0.2) is 39.5 Å². The SMILES string of the molecule is COc1ccc(NC(=O)Cn2cnc3c(cnn3-c3ccc(C)cc3)c2=O)cc1OC. The molecular weight excluding hydrogens is 398 g/mol. The Morgan fingerprint density at radius 1 is 1.06 bits per heavy atom. The molecule has 2 aromatic heterocycles.